The zero-order valence-corrected chi connectivity index (χ0v) is 11.9. The smallest absolute Gasteiger partial charge is 0.253 e. The molecule has 0 atom stereocenters. The summed E-state index contributed by atoms with van der Waals surface area (Å²) in [7, 11) is 3.05. The first-order valence-electron chi connectivity index (χ1n) is 6.35. The SMILES string of the molecule is COc1cc(CNC(=O)c2cccc(OC)c2N)ccn1. The minimum atomic E-state index is -0.262. The fraction of sp³-hybridized carbons (Fsp3) is 0.200. The number of nitrogens with one attached hydrogen (secondary N) is 1. The molecule has 0 bridgehead atoms. The van der Waals surface area contributed by atoms with Gasteiger partial charge in [-0.05, 0) is 23.8 Å². The van der Waals surface area contributed by atoms with Crippen molar-refractivity contribution in [3.63, 3.8) is 0 Å². The lowest BCUT2D eigenvalue weighted by Crippen LogP contribution is -2.24. The standard InChI is InChI=1S/C15H17N3O3/c1-20-12-5-3-4-11(14(12)16)15(19)18-9-10-6-7-17-13(8-10)21-2/h3-8H,9,16H2,1-2H3,(H,18,19). The molecular formula is C15H17N3O3. The van der Waals surface area contributed by atoms with Gasteiger partial charge in [-0.25, -0.2) is 4.98 Å². The molecule has 0 saturated carbocycles. The Morgan fingerprint density at radius 2 is 2.10 bits per heavy atom. The van der Waals surface area contributed by atoms with Crippen molar-refractivity contribution >= 4 is 11.6 Å². The number of carbonyl (C=O) groups excluding carboxylic acids is 1. The minimum absolute atomic E-state index is 0.262. The molecule has 2 aromatic rings. The second-order valence-electron chi connectivity index (χ2n) is 4.31. The van der Waals surface area contributed by atoms with Gasteiger partial charge in [-0.3, -0.25) is 4.79 Å². The number of ether oxygens (including phenoxy) is 2. The van der Waals surface area contributed by atoms with Crippen molar-refractivity contribution in [3.05, 3.63) is 47.7 Å². The summed E-state index contributed by atoms with van der Waals surface area (Å²) in [5.41, 5.74) is 7.49. The van der Waals surface area contributed by atoms with Gasteiger partial charge in [-0.1, -0.05) is 6.07 Å². The number of aromatic nitrogens is 1. The Morgan fingerprint density at radius 1 is 1.29 bits per heavy atom. The average molecular weight is 287 g/mol. The van der Waals surface area contributed by atoms with Gasteiger partial charge in [0.15, 0.2) is 0 Å². The molecule has 1 heterocycles. The van der Waals surface area contributed by atoms with Gasteiger partial charge in [0, 0.05) is 18.8 Å². The Kier molecular flexibility index (Phi) is 4.61. The molecule has 1 aromatic carbocycles. The molecule has 3 N–H and O–H groups in total. The number of nitrogens with two attached hydrogens (primary N) is 1. The van der Waals surface area contributed by atoms with E-state index in [1.54, 1.807) is 43.6 Å². The van der Waals surface area contributed by atoms with E-state index in [0.29, 0.717) is 29.4 Å². The largest absolute Gasteiger partial charge is 0.495 e. The molecule has 6 nitrogen and oxygen atoms in total. The Bertz CT molecular complexity index is 644. The lowest BCUT2D eigenvalue weighted by Gasteiger charge is -2.10. The van der Waals surface area contributed by atoms with Crippen molar-refractivity contribution in [1.82, 2.24) is 10.3 Å². The maximum atomic E-state index is 12.2. The van der Waals surface area contributed by atoms with Crippen LogP contribution in [0.25, 0.3) is 0 Å². The second kappa shape index (κ2) is 6.60. The number of methoxy groups -OCH3 is 2. The second-order valence-corrected chi connectivity index (χ2v) is 4.31. The van der Waals surface area contributed by atoms with Gasteiger partial charge in [0.2, 0.25) is 5.88 Å². The van der Waals surface area contributed by atoms with Crippen LogP contribution in [0, 0.1) is 0 Å². The van der Waals surface area contributed by atoms with Crippen LogP contribution in [0.3, 0.4) is 0 Å². The zero-order chi connectivity index (χ0) is 15.2. The quantitative estimate of drug-likeness (QED) is 0.816. The van der Waals surface area contributed by atoms with Gasteiger partial charge in [-0.15, -0.1) is 0 Å². The highest BCUT2D eigenvalue weighted by Gasteiger charge is 2.12. The van der Waals surface area contributed by atoms with Crippen LogP contribution in [0.4, 0.5) is 5.69 Å². The molecular weight excluding hydrogens is 270 g/mol. The van der Waals surface area contributed by atoms with Crippen LogP contribution in [-0.4, -0.2) is 25.1 Å². The van der Waals surface area contributed by atoms with E-state index in [2.05, 4.69) is 10.3 Å². The lowest BCUT2D eigenvalue weighted by molar-refractivity contribution is 0.0951. The number of benzene rings is 1. The number of pyridine rings is 1. The predicted octanol–water partition coefficient (Wildman–Crippen LogP) is 1.61. The molecule has 1 amide bonds. The van der Waals surface area contributed by atoms with Crippen molar-refractivity contribution in [2.75, 3.05) is 20.0 Å². The monoisotopic (exact) mass is 287 g/mol. The van der Waals surface area contributed by atoms with Crippen LogP contribution in [-0.2, 0) is 6.54 Å². The topological polar surface area (TPSA) is 86.5 Å². The molecule has 2 rings (SSSR count). The predicted molar refractivity (Wildman–Crippen MR) is 79.4 cm³/mol. The summed E-state index contributed by atoms with van der Waals surface area (Å²) in [6.45, 7) is 0.356. The van der Waals surface area contributed by atoms with E-state index >= 15 is 0 Å². The van der Waals surface area contributed by atoms with Crippen molar-refractivity contribution in [1.29, 1.82) is 0 Å². The molecule has 0 aliphatic heterocycles. The van der Waals surface area contributed by atoms with Crippen molar-refractivity contribution in [2.45, 2.75) is 6.54 Å². The van der Waals surface area contributed by atoms with Crippen LogP contribution in [0.15, 0.2) is 36.5 Å². The third kappa shape index (κ3) is 3.42. The molecule has 0 fully saturated rings. The average Bonchev–Trinajstić information content (AvgIpc) is 2.53. The summed E-state index contributed by atoms with van der Waals surface area (Å²) in [5, 5.41) is 2.80. The van der Waals surface area contributed by atoms with Gasteiger partial charge in [0.05, 0.1) is 25.5 Å². The fourth-order valence-corrected chi connectivity index (χ4v) is 1.87. The molecule has 21 heavy (non-hydrogen) atoms. The van der Waals surface area contributed by atoms with E-state index in [1.807, 2.05) is 0 Å². The van der Waals surface area contributed by atoms with E-state index < -0.39 is 0 Å². The Labute approximate surface area is 122 Å². The van der Waals surface area contributed by atoms with Crippen molar-refractivity contribution in [2.24, 2.45) is 0 Å². The first kappa shape index (κ1) is 14.6. The van der Waals surface area contributed by atoms with Gasteiger partial charge in [0.1, 0.15) is 5.75 Å². The summed E-state index contributed by atoms with van der Waals surface area (Å²) in [6.07, 6.45) is 1.63. The van der Waals surface area contributed by atoms with Crippen LogP contribution in [0.1, 0.15) is 15.9 Å². The number of para-hydroxylation sites is 1. The maximum Gasteiger partial charge on any atom is 0.253 e. The molecule has 0 spiro atoms. The van der Waals surface area contributed by atoms with Crippen LogP contribution in [0.2, 0.25) is 0 Å². The summed E-state index contributed by atoms with van der Waals surface area (Å²) in [5.74, 6) is 0.720. The van der Waals surface area contributed by atoms with Crippen molar-refractivity contribution in [3.8, 4) is 11.6 Å². The molecule has 0 unspecified atom stereocenters. The van der Waals surface area contributed by atoms with Crippen LogP contribution in [0.5, 0.6) is 11.6 Å². The number of nitrogens with zero attached hydrogens (tertiary/aromatic N) is 1. The number of hydrogen-bond acceptors (Lipinski definition) is 5. The number of amides is 1. The van der Waals surface area contributed by atoms with E-state index in [0.717, 1.165) is 5.56 Å². The highest BCUT2D eigenvalue weighted by molar-refractivity contribution is 6.00. The lowest BCUT2D eigenvalue weighted by atomic mass is 10.1. The minimum Gasteiger partial charge on any atom is -0.495 e. The molecule has 110 valence electrons. The summed E-state index contributed by atoms with van der Waals surface area (Å²) in [4.78, 5) is 16.2. The maximum absolute atomic E-state index is 12.2. The zero-order valence-electron chi connectivity index (χ0n) is 11.9. The molecule has 0 aliphatic rings. The van der Waals surface area contributed by atoms with Gasteiger partial charge in [-0.2, -0.15) is 0 Å². The van der Waals surface area contributed by atoms with E-state index in [1.165, 1.54) is 7.11 Å². The summed E-state index contributed by atoms with van der Waals surface area (Å²) >= 11 is 0. The van der Waals surface area contributed by atoms with E-state index in [4.69, 9.17) is 15.2 Å². The normalized spacial score (nSPS) is 10.0. The molecule has 0 aliphatic carbocycles. The van der Waals surface area contributed by atoms with Crippen LogP contribution >= 0.6 is 0 Å². The molecule has 1 aromatic heterocycles. The molecule has 0 radical (unpaired) electrons. The Morgan fingerprint density at radius 3 is 2.81 bits per heavy atom. The third-order valence-corrected chi connectivity index (χ3v) is 2.99. The number of nitrogen functional groups attached to an aromatic ring is 1. The number of carbonyl (C=O) groups is 1. The number of anilines is 1. The third-order valence-electron chi connectivity index (χ3n) is 2.99. The van der Waals surface area contributed by atoms with Gasteiger partial charge in [0.25, 0.3) is 5.91 Å². The summed E-state index contributed by atoms with van der Waals surface area (Å²) in [6, 6.07) is 8.65. The van der Waals surface area contributed by atoms with E-state index in [9.17, 15) is 4.79 Å². The highest BCUT2D eigenvalue weighted by Crippen LogP contribution is 2.24. The van der Waals surface area contributed by atoms with Gasteiger partial charge < -0.3 is 20.5 Å². The molecule has 6 heteroatoms. The number of rotatable bonds is 5. The fourth-order valence-electron chi connectivity index (χ4n) is 1.87. The van der Waals surface area contributed by atoms with Gasteiger partial charge >= 0.3 is 0 Å². The highest BCUT2D eigenvalue weighted by atomic mass is 16.5. The van der Waals surface area contributed by atoms with Crippen molar-refractivity contribution < 1.29 is 14.3 Å². The first-order valence-corrected chi connectivity index (χ1v) is 6.35. The number of hydrogen-bond donors (Lipinski definition) is 2. The van der Waals surface area contributed by atoms with Crippen LogP contribution < -0.4 is 20.5 Å². The van der Waals surface area contributed by atoms with E-state index in [-0.39, 0.29) is 5.91 Å². The molecule has 0 saturated heterocycles. The Hall–Kier alpha value is -2.76. The first-order chi connectivity index (χ1) is 10.2. The Balaban J connectivity index is 2.08. The summed E-state index contributed by atoms with van der Waals surface area (Å²) < 4.78 is 10.1.